The molecule has 0 saturated carbocycles. The van der Waals surface area contributed by atoms with Crippen molar-refractivity contribution in [1.29, 1.82) is 0 Å². The Morgan fingerprint density at radius 2 is 1.70 bits per heavy atom. The topological polar surface area (TPSA) is 214 Å². The van der Waals surface area contributed by atoms with Crippen LogP contribution < -0.4 is 25.0 Å². The van der Waals surface area contributed by atoms with Crippen molar-refractivity contribution in [3.63, 3.8) is 0 Å². The highest BCUT2D eigenvalue weighted by atomic mass is 35.5. The molecule has 1 aromatic heterocycles. The van der Waals surface area contributed by atoms with Gasteiger partial charge in [0.1, 0.15) is 30.6 Å². The molecule has 18 nitrogen and oxygen atoms in total. The first-order valence-electron chi connectivity index (χ1n) is 21.1. The molecule has 8 rings (SSSR count). The summed E-state index contributed by atoms with van der Waals surface area (Å²) in [5.74, 6) is -0.488. The molecule has 1 atom stereocenters. The largest absolute Gasteiger partial charge is 0.493 e. The number of carbonyl (C=O) groups is 4. The Kier molecular flexibility index (Phi) is 14.4. The summed E-state index contributed by atoms with van der Waals surface area (Å²) in [6, 6.07) is 18.0. The van der Waals surface area contributed by atoms with Gasteiger partial charge in [0.05, 0.1) is 68.6 Å². The third kappa shape index (κ3) is 10.5. The zero-order valence-electron chi connectivity index (χ0n) is 36.0. The summed E-state index contributed by atoms with van der Waals surface area (Å²) in [4.78, 5) is 74.0. The van der Waals surface area contributed by atoms with Crippen molar-refractivity contribution in [3.05, 3.63) is 140 Å². The highest BCUT2D eigenvalue weighted by Gasteiger charge is 2.45. The maximum absolute atomic E-state index is 14.3. The van der Waals surface area contributed by atoms with Crippen molar-refractivity contribution in [1.82, 2.24) is 20.2 Å². The number of non-ortho nitro benzene ring substituents is 1. The van der Waals surface area contributed by atoms with Crippen molar-refractivity contribution in [3.8, 4) is 11.5 Å². The summed E-state index contributed by atoms with van der Waals surface area (Å²) in [5.41, 5.74) is 4.21. The number of nitro benzene ring substituents is 1. The number of halogens is 2. The number of nitro groups is 1. The fourth-order valence-corrected chi connectivity index (χ4v) is 8.01. The molecule has 1 unspecified atom stereocenters. The Balaban J connectivity index is 0.767. The van der Waals surface area contributed by atoms with Gasteiger partial charge in [0.2, 0.25) is 5.91 Å². The predicted octanol–water partition coefficient (Wildman–Crippen LogP) is 6.37. The molecule has 4 aromatic carbocycles. The van der Waals surface area contributed by atoms with E-state index in [2.05, 4.69) is 20.6 Å². The van der Waals surface area contributed by atoms with Crippen LogP contribution >= 0.6 is 11.6 Å². The minimum atomic E-state index is -0.861. The standard InChI is InChI=1S/C47H43ClFN7O11/c1-63-41-24-39-34(45(51-27-50-39)54(30-9-12-37(49)36(48)21-30)25-28-5-7-29(8-6-28)56(61)62)23-42(41)67-20-19-66-18-17-65-16-15-64-14-13-43(58)52-38-4-2-3-32-35(38)26-55(47(32)60)44-33-11-10-31(57)22-40(33)53-46(44)59/h2-9,11-12,21-24,27,44H,10,13-20,25-26H2,1H3,(H,52,58)(H,53,59). The molecule has 3 aliphatic rings. The van der Waals surface area contributed by atoms with Crippen LogP contribution in [0.5, 0.6) is 11.5 Å². The highest BCUT2D eigenvalue weighted by molar-refractivity contribution is 6.31. The van der Waals surface area contributed by atoms with E-state index < -0.39 is 16.8 Å². The van der Waals surface area contributed by atoms with E-state index in [0.29, 0.717) is 67.6 Å². The maximum atomic E-state index is 14.3. The summed E-state index contributed by atoms with van der Waals surface area (Å²) in [5, 5.41) is 17.3. The first kappa shape index (κ1) is 46.2. The molecule has 20 heteroatoms. The third-order valence-corrected chi connectivity index (χ3v) is 11.4. The van der Waals surface area contributed by atoms with Gasteiger partial charge in [0.25, 0.3) is 17.5 Å². The highest BCUT2D eigenvalue weighted by Crippen LogP contribution is 2.39. The van der Waals surface area contributed by atoms with E-state index in [1.54, 1.807) is 59.5 Å². The molecule has 2 aliphatic heterocycles. The van der Waals surface area contributed by atoms with E-state index in [1.165, 1.54) is 48.7 Å². The quantitative estimate of drug-likeness (QED) is 0.0465. The lowest BCUT2D eigenvalue weighted by Crippen LogP contribution is -2.41. The number of benzene rings is 4. The lowest BCUT2D eigenvalue weighted by atomic mass is 9.99. The number of nitrogens with one attached hydrogen (secondary N) is 2. The van der Waals surface area contributed by atoms with Gasteiger partial charge >= 0.3 is 0 Å². The Morgan fingerprint density at radius 1 is 0.955 bits per heavy atom. The van der Waals surface area contributed by atoms with Crippen molar-refractivity contribution in [2.75, 3.05) is 63.6 Å². The molecule has 0 spiro atoms. The Hall–Kier alpha value is -7.32. The van der Waals surface area contributed by atoms with Crippen molar-refractivity contribution in [2.24, 2.45) is 0 Å². The number of rotatable bonds is 21. The summed E-state index contributed by atoms with van der Waals surface area (Å²) >= 11 is 6.20. The normalized spacial score (nSPS) is 15.2. The van der Waals surface area contributed by atoms with Gasteiger partial charge in [-0.3, -0.25) is 29.3 Å². The molecule has 0 bridgehead atoms. The number of methoxy groups -OCH3 is 1. The molecule has 1 saturated heterocycles. The number of ether oxygens (including phenoxy) is 5. The number of hydrogen-bond acceptors (Lipinski definition) is 14. The SMILES string of the molecule is COc1cc2ncnc(N(Cc3ccc([N+](=O)[O-])cc3)c3ccc(F)c(Cl)c3)c2cc1OCCOCCOCCOCCC(=O)Nc1cccc2c1CN(C1C(=O)NC3=CC(=O)CC=C31)C2=O. The van der Waals surface area contributed by atoms with E-state index in [0.717, 1.165) is 0 Å². The van der Waals surface area contributed by atoms with E-state index in [9.17, 15) is 33.7 Å². The van der Waals surface area contributed by atoms with Gasteiger partial charge in [-0.2, -0.15) is 0 Å². The van der Waals surface area contributed by atoms with Gasteiger partial charge < -0.3 is 44.1 Å². The van der Waals surface area contributed by atoms with Gasteiger partial charge in [-0.25, -0.2) is 14.4 Å². The average Bonchev–Trinajstić information content (AvgIpc) is 3.83. The number of carbonyl (C=O) groups excluding carboxylic acids is 4. The third-order valence-electron chi connectivity index (χ3n) is 11.1. The van der Waals surface area contributed by atoms with Gasteiger partial charge in [-0.15, -0.1) is 0 Å². The number of hydrogen-bond donors (Lipinski definition) is 2. The zero-order valence-corrected chi connectivity index (χ0v) is 36.8. The number of allylic oxidation sites excluding steroid dienone is 2. The second kappa shape index (κ2) is 20.9. The van der Waals surface area contributed by atoms with E-state index in [4.69, 9.17) is 35.3 Å². The summed E-state index contributed by atoms with van der Waals surface area (Å²) in [6.45, 7) is 1.91. The fourth-order valence-electron chi connectivity index (χ4n) is 7.84. The summed E-state index contributed by atoms with van der Waals surface area (Å²) in [6.07, 6.45) is 4.67. The smallest absolute Gasteiger partial charge is 0.269 e. The van der Waals surface area contributed by atoms with E-state index in [1.807, 2.05) is 0 Å². The van der Waals surface area contributed by atoms with Crippen LogP contribution in [-0.2, 0) is 41.7 Å². The van der Waals surface area contributed by atoms with Crippen LogP contribution in [0.25, 0.3) is 10.9 Å². The Bertz CT molecular complexity index is 2810. The lowest BCUT2D eigenvalue weighted by molar-refractivity contribution is -0.384. The number of fused-ring (bicyclic) bond motifs is 3. The van der Waals surface area contributed by atoms with Crippen LogP contribution in [-0.4, -0.2) is 103 Å². The van der Waals surface area contributed by atoms with Crippen molar-refractivity contribution < 1.29 is 52.2 Å². The Labute approximate surface area is 387 Å². The van der Waals surface area contributed by atoms with Gasteiger partial charge in [-0.05, 0) is 42.0 Å². The molecule has 3 heterocycles. The van der Waals surface area contributed by atoms with Crippen LogP contribution in [0.15, 0.2) is 103 Å². The molecular weight excluding hydrogens is 893 g/mol. The number of nitrogens with zero attached hydrogens (tertiary/aromatic N) is 5. The van der Waals surface area contributed by atoms with Gasteiger partial charge in [-0.1, -0.05) is 35.9 Å². The molecule has 67 heavy (non-hydrogen) atoms. The number of aromatic nitrogens is 2. The molecule has 1 fully saturated rings. The first-order valence-corrected chi connectivity index (χ1v) is 21.5. The van der Waals surface area contributed by atoms with Crippen molar-refractivity contribution >= 4 is 68.9 Å². The molecular formula is C47H43ClFN7O11. The zero-order chi connectivity index (χ0) is 47.0. The molecule has 2 N–H and O–H groups in total. The number of amides is 3. The lowest BCUT2D eigenvalue weighted by Gasteiger charge is -2.26. The van der Waals surface area contributed by atoms with Crippen LogP contribution in [0.1, 0.15) is 34.3 Å². The van der Waals surface area contributed by atoms with Crippen molar-refractivity contribution in [2.45, 2.75) is 32.0 Å². The average molecular weight is 936 g/mol. The van der Waals surface area contributed by atoms with Crippen LogP contribution in [0.3, 0.4) is 0 Å². The maximum Gasteiger partial charge on any atom is 0.269 e. The second-order valence-electron chi connectivity index (χ2n) is 15.4. The fraction of sp³-hybridized carbons (Fsp3) is 0.277. The minimum absolute atomic E-state index is 0.0569. The summed E-state index contributed by atoms with van der Waals surface area (Å²) in [7, 11) is 1.51. The molecule has 3 amide bonds. The van der Waals surface area contributed by atoms with Crippen LogP contribution in [0.2, 0.25) is 5.02 Å². The summed E-state index contributed by atoms with van der Waals surface area (Å²) < 4.78 is 42.8. The van der Waals surface area contributed by atoms with Gasteiger partial charge in [0, 0.05) is 82.9 Å². The predicted molar refractivity (Wildman–Crippen MR) is 242 cm³/mol. The van der Waals surface area contributed by atoms with E-state index >= 15 is 0 Å². The van der Waals surface area contributed by atoms with E-state index in [-0.39, 0.29) is 106 Å². The minimum Gasteiger partial charge on any atom is -0.493 e. The monoisotopic (exact) mass is 935 g/mol. The molecule has 0 radical (unpaired) electrons. The van der Waals surface area contributed by atoms with Gasteiger partial charge in [0.15, 0.2) is 17.3 Å². The molecule has 346 valence electrons. The molecule has 5 aromatic rings. The number of ketones is 1. The first-order chi connectivity index (χ1) is 32.5. The molecule has 1 aliphatic carbocycles. The number of anilines is 3. The van der Waals surface area contributed by atoms with Crippen LogP contribution in [0.4, 0.5) is 27.3 Å². The Morgan fingerprint density at radius 3 is 2.43 bits per heavy atom. The second-order valence-corrected chi connectivity index (χ2v) is 15.8. The van der Waals surface area contributed by atoms with Crippen LogP contribution in [0, 0.1) is 15.9 Å².